The van der Waals surface area contributed by atoms with Gasteiger partial charge in [0.2, 0.25) is 0 Å². The Balaban J connectivity index is 1.73. The summed E-state index contributed by atoms with van der Waals surface area (Å²) >= 11 is 9.07. The fourth-order valence-electron chi connectivity index (χ4n) is 6.70. The first kappa shape index (κ1) is 15.2. The van der Waals surface area contributed by atoms with Crippen LogP contribution < -0.4 is 5.73 Å². The first-order valence-corrected chi connectivity index (χ1v) is 10.3. The SMILES string of the molecule is CC12CC3CC(C)(C1)CC(C(N)c1cc(Br)c(Br)s1)(C3)C2. The van der Waals surface area contributed by atoms with Crippen LogP contribution in [0.1, 0.15) is 63.3 Å². The minimum atomic E-state index is 0.201. The third-order valence-electron chi connectivity index (χ3n) is 6.30. The van der Waals surface area contributed by atoms with Gasteiger partial charge >= 0.3 is 0 Å². The lowest BCUT2D eigenvalue weighted by Gasteiger charge is -2.66. The van der Waals surface area contributed by atoms with Crippen LogP contribution in [0, 0.1) is 22.2 Å². The van der Waals surface area contributed by atoms with E-state index in [2.05, 4.69) is 51.8 Å². The van der Waals surface area contributed by atoms with Crippen molar-refractivity contribution in [3.05, 3.63) is 19.2 Å². The number of hydrogen-bond acceptors (Lipinski definition) is 2. The smallest absolute Gasteiger partial charge is 0.0843 e. The van der Waals surface area contributed by atoms with Crippen LogP contribution in [0.2, 0.25) is 0 Å². The van der Waals surface area contributed by atoms with Gasteiger partial charge in [0.1, 0.15) is 0 Å². The lowest BCUT2D eigenvalue weighted by molar-refractivity contribution is -0.154. The molecule has 1 aromatic heterocycles. The van der Waals surface area contributed by atoms with E-state index in [-0.39, 0.29) is 6.04 Å². The van der Waals surface area contributed by atoms with Gasteiger partial charge in [-0.2, -0.15) is 0 Å². The van der Waals surface area contributed by atoms with E-state index in [4.69, 9.17) is 5.73 Å². The van der Waals surface area contributed by atoms with Gasteiger partial charge in [-0.1, -0.05) is 13.8 Å². The van der Waals surface area contributed by atoms with Crippen LogP contribution in [0.4, 0.5) is 0 Å². The van der Waals surface area contributed by atoms with E-state index in [0.29, 0.717) is 16.2 Å². The van der Waals surface area contributed by atoms with Crippen LogP contribution in [0.15, 0.2) is 14.3 Å². The predicted molar refractivity (Wildman–Crippen MR) is 96.5 cm³/mol. The van der Waals surface area contributed by atoms with Crippen LogP contribution in [0.5, 0.6) is 0 Å². The first-order valence-electron chi connectivity index (χ1n) is 7.93. The summed E-state index contributed by atoms with van der Waals surface area (Å²) in [6.45, 7) is 5.05. The number of rotatable bonds is 2. The Kier molecular flexibility index (Phi) is 3.31. The van der Waals surface area contributed by atoms with Crippen LogP contribution in [0.3, 0.4) is 0 Å². The molecule has 4 heteroatoms. The van der Waals surface area contributed by atoms with Crippen molar-refractivity contribution in [3.63, 3.8) is 0 Å². The molecule has 0 radical (unpaired) electrons. The summed E-state index contributed by atoms with van der Waals surface area (Å²) in [7, 11) is 0. The molecule has 2 N–H and O–H groups in total. The molecular weight excluding hydrogens is 410 g/mol. The second-order valence-electron chi connectivity index (χ2n) is 8.74. The van der Waals surface area contributed by atoms with E-state index < -0.39 is 0 Å². The molecule has 0 spiro atoms. The standard InChI is InChI=1S/C17H23Br2NS/c1-15-4-10-5-16(2,7-15)9-17(6-10,8-15)13(20)12-3-11(18)14(19)21-12/h3,10,13H,4-9,20H2,1-2H3. The zero-order valence-electron chi connectivity index (χ0n) is 12.7. The molecule has 4 fully saturated rings. The maximum absolute atomic E-state index is 6.86. The van der Waals surface area contributed by atoms with Crippen molar-refractivity contribution in [3.8, 4) is 0 Å². The molecule has 4 aliphatic rings. The molecule has 3 unspecified atom stereocenters. The summed E-state index contributed by atoms with van der Waals surface area (Å²) in [4.78, 5) is 1.35. The summed E-state index contributed by atoms with van der Waals surface area (Å²) in [6, 6.07) is 2.44. The van der Waals surface area contributed by atoms with Crippen molar-refractivity contribution in [2.24, 2.45) is 27.9 Å². The number of halogens is 2. The van der Waals surface area contributed by atoms with Gasteiger partial charge in [-0.05, 0) is 98.6 Å². The molecule has 1 nitrogen and oxygen atoms in total. The second kappa shape index (κ2) is 4.58. The molecule has 4 bridgehead atoms. The summed E-state index contributed by atoms with van der Waals surface area (Å²) in [6.07, 6.45) is 8.32. The topological polar surface area (TPSA) is 26.0 Å². The highest BCUT2D eigenvalue weighted by atomic mass is 79.9. The van der Waals surface area contributed by atoms with E-state index in [1.807, 2.05) is 11.3 Å². The predicted octanol–water partition coefficient (Wildman–Crippen LogP) is 6.27. The van der Waals surface area contributed by atoms with Crippen molar-refractivity contribution in [1.82, 2.24) is 0 Å². The highest BCUT2D eigenvalue weighted by Crippen LogP contribution is 2.72. The average molecular weight is 433 g/mol. The van der Waals surface area contributed by atoms with Crippen molar-refractivity contribution in [1.29, 1.82) is 0 Å². The Morgan fingerprint density at radius 3 is 2.24 bits per heavy atom. The van der Waals surface area contributed by atoms with Gasteiger partial charge in [0, 0.05) is 15.4 Å². The van der Waals surface area contributed by atoms with Crippen molar-refractivity contribution < 1.29 is 0 Å². The average Bonchev–Trinajstić information content (AvgIpc) is 2.64. The molecule has 21 heavy (non-hydrogen) atoms. The number of hydrogen-bond donors (Lipinski definition) is 1. The largest absolute Gasteiger partial charge is 0.323 e. The molecule has 0 saturated heterocycles. The van der Waals surface area contributed by atoms with Crippen LogP contribution in [-0.4, -0.2) is 0 Å². The monoisotopic (exact) mass is 431 g/mol. The minimum absolute atomic E-state index is 0.201. The van der Waals surface area contributed by atoms with Crippen LogP contribution in [0.25, 0.3) is 0 Å². The van der Waals surface area contributed by atoms with Crippen molar-refractivity contribution >= 4 is 43.2 Å². The van der Waals surface area contributed by atoms with Crippen molar-refractivity contribution in [2.75, 3.05) is 0 Å². The Bertz CT molecular complexity index is 558. The van der Waals surface area contributed by atoms with Gasteiger partial charge in [0.15, 0.2) is 0 Å². The third kappa shape index (κ3) is 2.31. The maximum Gasteiger partial charge on any atom is 0.0843 e. The molecule has 4 aliphatic carbocycles. The van der Waals surface area contributed by atoms with Gasteiger partial charge in [0.25, 0.3) is 0 Å². The van der Waals surface area contributed by atoms with Crippen molar-refractivity contribution in [2.45, 2.75) is 58.4 Å². The molecule has 0 aliphatic heterocycles. The van der Waals surface area contributed by atoms with E-state index in [1.54, 1.807) is 0 Å². The normalized spacial score (nSPS) is 46.0. The van der Waals surface area contributed by atoms with Gasteiger partial charge in [0.05, 0.1) is 3.79 Å². The summed E-state index contributed by atoms with van der Waals surface area (Å²) < 4.78 is 2.33. The molecule has 116 valence electrons. The summed E-state index contributed by atoms with van der Waals surface area (Å²) in [5.41, 5.74) is 8.28. The summed E-state index contributed by atoms with van der Waals surface area (Å²) in [5, 5.41) is 0. The Labute approximate surface area is 148 Å². The van der Waals surface area contributed by atoms with Gasteiger partial charge < -0.3 is 5.73 Å². The lowest BCUT2D eigenvalue weighted by Crippen LogP contribution is -2.57. The Hall–Kier alpha value is 0.620. The molecular formula is C17H23Br2NS. The minimum Gasteiger partial charge on any atom is -0.323 e. The lowest BCUT2D eigenvalue weighted by atomic mass is 9.39. The molecule has 1 aromatic rings. The fourth-order valence-corrected chi connectivity index (χ4v) is 8.93. The van der Waals surface area contributed by atoms with E-state index in [0.717, 1.165) is 10.4 Å². The number of nitrogens with two attached hydrogens (primary N) is 1. The molecule has 4 saturated carbocycles. The van der Waals surface area contributed by atoms with Gasteiger partial charge in [-0.3, -0.25) is 0 Å². The highest BCUT2D eigenvalue weighted by Gasteiger charge is 2.61. The fraction of sp³-hybridized carbons (Fsp3) is 0.765. The molecule has 0 amide bonds. The Morgan fingerprint density at radius 1 is 1.14 bits per heavy atom. The first-order chi connectivity index (χ1) is 9.73. The van der Waals surface area contributed by atoms with Crippen LogP contribution in [-0.2, 0) is 0 Å². The summed E-state index contributed by atoms with van der Waals surface area (Å²) in [5.74, 6) is 0.911. The number of thiophene rings is 1. The Morgan fingerprint density at radius 2 is 1.76 bits per heavy atom. The second-order valence-corrected chi connectivity index (χ2v) is 12.0. The highest BCUT2D eigenvalue weighted by molar-refractivity contribution is 9.13. The molecule has 1 heterocycles. The molecule has 0 aromatic carbocycles. The molecule has 3 atom stereocenters. The molecule has 5 rings (SSSR count). The van der Waals surface area contributed by atoms with E-state index in [9.17, 15) is 0 Å². The maximum atomic E-state index is 6.86. The van der Waals surface area contributed by atoms with E-state index in [1.165, 1.54) is 47.2 Å². The zero-order chi connectivity index (χ0) is 15.0. The third-order valence-corrected chi connectivity index (χ3v) is 9.64. The van der Waals surface area contributed by atoms with Gasteiger partial charge in [-0.15, -0.1) is 11.3 Å². The quantitative estimate of drug-likeness (QED) is 0.585. The zero-order valence-corrected chi connectivity index (χ0v) is 16.7. The van der Waals surface area contributed by atoms with Crippen LogP contribution >= 0.6 is 43.2 Å². The van der Waals surface area contributed by atoms with E-state index >= 15 is 0 Å². The van der Waals surface area contributed by atoms with Gasteiger partial charge in [-0.25, -0.2) is 0 Å².